The third-order valence-corrected chi connectivity index (χ3v) is 4.44. The van der Waals surface area contributed by atoms with Crippen LogP contribution in [0.1, 0.15) is 11.1 Å². The molecule has 1 N–H and O–H groups in total. The van der Waals surface area contributed by atoms with Crippen LogP contribution in [-0.2, 0) is 13.2 Å². The molecule has 0 aliphatic rings. The van der Waals surface area contributed by atoms with Gasteiger partial charge >= 0.3 is 0 Å². The van der Waals surface area contributed by atoms with Crippen molar-refractivity contribution in [3.05, 3.63) is 100 Å². The second kappa shape index (κ2) is 7.48. The van der Waals surface area contributed by atoms with Crippen LogP contribution >= 0.6 is 0 Å². The van der Waals surface area contributed by atoms with Crippen LogP contribution in [0.3, 0.4) is 0 Å². The summed E-state index contributed by atoms with van der Waals surface area (Å²) in [6.07, 6.45) is 1.47. The van der Waals surface area contributed by atoms with Crippen molar-refractivity contribution >= 4 is 11.0 Å². The molecule has 134 valence electrons. The highest BCUT2D eigenvalue weighted by Crippen LogP contribution is 2.24. The van der Waals surface area contributed by atoms with Crippen molar-refractivity contribution in [1.29, 1.82) is 0 Å². The molecule has 0 bridgehead atoms. The molecule has 0 spiro atoms. The summed E-state index contributed by atoms with van der Waals surface area (Å²) < 4.78 is 11.5. The second-order valence-corrected chi connectivity index (χ2v) is 6.27. The van der Waals surface area contributed by atoms with E-state index in [1.54, 1.807) is 42.5 Å². The zero-order valence-electron chi connectivity index (χ0n) is 14.6. The molecule has 1 heterocycles. The second-order valence-electron chi connectivity index (χ2n) is 6.27. The highest BCUT2D eigenvalue weighted by atomic mass is 16.5. The summed E-state index contributed by atoms with van der Waals surface area (Å²) >= 11 is 0. The first-order valence-corrected chi connectivity index (χ1v) is 8.67. The minimum absolute atomic E-state index is 0.0294. The van der Waals surface area contributed by atoms with E-state index in [1.807, 2.05) is 30.3 Å². The molecular formula is C23H18O4. The molecule has 1 aromatic heterocycles. The lowest BCUT2D eigenvalue weighted by molar-refractivity contribution is 0.282. The highest BCUT2D eigenvalue weighted by Gasteiger charge is 2.10. The minimum Gasteiger partial charge on any atom is -0.489 e. The van der Waals surface area contributed by atoms with Gasteiger partial charge in [0, 0.05) is 6.07 Å². The summed E-state index contributed by atoms with van der Waals surface area (Å²) in [5.41, 5.74) is 3.51. The van der Waals surface area contributed by atoms with Gasteiger partial charge < -0.3 is 14.3 Å². The van der Waals surface area contributed by atoms with E-state index in [9.17, 15) is 4.79 Å². The molecule has 4 rings (SSSR count). The summed E-state index contributed by atoms with van der Waals surface area (Å²) in [6.45, 7) is 0.421. The van der Waals surface area contributed by atoms with Gasteiger partial charge in [-0.1, -0.05) is 54.6 Å². The Balaban J connectivity index is 1.62. The number of hydrogen-bond acceptors (Lipinski definition) is 4. The van der Waals surface area contributed by atoms with Crippen LogP contribution in [0.4, 0.5) is 0 Å². The number of ether oxygens (including phenoxy) is 1. The standard InChI is InChI=1S/C23H18O4/c24-13-16-6-8-18(9-7-16)21-15-27-22-12-19(10-11-20(22)23(21)25)26-14-17-4-2-1-3-5-17/h1-12,15,24H,13-14H2. The molecule has 0 amide bonds. The van der Waals surface area contributed by atoms with E-state index in [2.05, 4.69) is 0 Å². The lowest BCUT2D eigenvalue weighted by atomic mass is 10.0. The number of aliphatic hydroxyl groups excluding tert-OH is 1. The van der Waals surface area contributed by atoms with Gasteiger partial charge in [0.05, 0.1) is 17.6 Å². The van der Waals surface area contributed by atoms with E-state index in [4.69, 9.17) is 14.3 Å². The first-order chi connectivity index (χ1) is 13.2. The number of rotatable bonds is 5. The fourth-order valence-electron chi connectivity index (χ4n) is 2.93. The third kappa shape index (κ3) is 3.61. The first kappa shape index (κ1) is 17.1. The Morgan fingerprint density at radius 3 is 2.41 bits per heavy atom. The smallest absolute Gasteiger partial charge is 0.200 e. The van der Waals surface area contributed by atoms with Crippen LogP contribution in [-0.4, -0.2) is 5.11 Å². The Morgan fingerprint density at radius 1 is 0.889 bits per heavy atom. The summed E-state index contributed by atoms with van der Waals surface area (Å²) in [5, 5.41) is 9.65. The minimum atomic E-state index is -0.0948. The predicted molar refractivity (Wildman–Crippen MR) is 105 cm³/mol. The third-order valence-electron chi connectivity index (χ3n) is 4.44. The van der Waals surface area contributed by atoms with Gasteiger partial charge in [-0.05, 0) is 28.8 Å². The van der Waals surface area contributed by atoms with Crippen molar-refractivity contribution in [2.24, 2.45) is 0 Å². The molecule has 3 aromatic carbocycles. The largest absolute Gasteiger partial charge is 0.489 e. The maximum Gasteiger partial charge on any atom is 0.200 e. The van der Waals surface area contributed by atoms with Gasteiger partial charge in [0.2, 0.25) is 0 Å². The van der Waals surface area contributed by atoms with Crippen molar-refractivity contribution in [3.8, 4) is 16.9 Å². The molecule has 4 nitrogen and oxygen atoms in total. The Bertz CT molecular complexity index is 1110. The zero-order valence-corrected chi connectivity index (χ0v) is 14.6. The predicted octanol–water partition coefficient (Wildman–Crippen LogP) is 4.53. The van der Waals surface area contributed by atoms with Crippen LogP contribution in [0.15, 0.2) is 88.3 Å². The Morgan fingerprint density at radius 2 is 1.67 bits per heavy atom. The molecule has 0 aliphatic carbocycles. The maximum atomic E-state index is 12.8. The van der Waals surface area contributed by atoms with Crippen molar-refractivity contribution in [3.63, 3.8) is 0 Å². The van der Waals surface area contributed by atoms with Crippen LogP contribution in [0.2, 0.25) is 0 Å². The van der Waals surface area contributed by atoms with Gasteiger partial charge in [-0.2, -0.15) is 0 Å². The van der Waals surface area contributed by atoms with Crippen molar-refractivity contribution in [2.45, 2.75) is 13.2 Å². The molecule has 0 saturated carbocycles. The van der Waals surface area contributed by atoms with E-state index in [-0.39, 0.29) is 12.0 Å². The van der Waals surface area contributed by atoms with E-state index in [0.717, 1.165) is 16.7 Å². The van der Waals surface area contributed by atoms with Gasteiger partial charge in [0.15, 0.2) is 5.43 Å². The fraction of sp³-hybridized carbons (Fsp3) is 0.0870. The number of aliphatic hydroxyl groups is 1. The van der Waals surface area contributed by atoms with E-state index in [0.29, 0.717) is 28.9 Å². The lowest BCUT2D eigenvalue weighted by Gasteiger charge is -2.08. The van der Waals surface area contributed by atoms with E-state index >= 15 is 0 Å². The Kier molecular flexibility index (Phi) is 4.73. The summed E-state index contributed by atoms with van der Waals surface area (Å²) in [5.74, 6) is 0.648. The molecule has 4 heteroatoms. The summed E-state index contributed by atoms with van der Waals surface area (Å²) in [6, 6.07) is 22.3. The SMILES string of the molecule is O=c1c(-c2ccc(CO)cc2)coc2cc(OCc3ccccc3)ccc12. The molecular weight excluding hydrogens is 340 g/mol. The summed E-state index contributed by atoms with van der Waals surface area (Å²) in [7, 11) is 0. The van der Waals surface area contributed by atoms with Crippen LogP contribution in [0, 0.1) is 0 Å². The number of fused-ring (bicyclic) bond motifs is 1. The summed E-state index contributed by atoms with van der Waals surface area (Å²) in [4.78, 5) is 12.8. The monoisotopic (exact) mass is 358 g/mol. The van der Waals surface area contributed by atoms with E-state index in [1.165, 1.54) is 6.26 Å². The van der Waals surface area contributed by atoms with Gasteiger partial charge in [0.1, 0.15) is 24.2 Å². The molecule has 0 aliphatic heterocycles. The maximum absolute atomic E-state index is 12.8. The van der Waals surface area contributed by atoms with E-state index < -0.39 is 0 Å². The zero-order chi connectivity index (χ0) is 18.6. The van der Waals surface area contributed by atoms with Gasteiger partial charge in [-0.15, -0.1) is 0 Å². The quantitative estimate of drug-likeness (QED) is 0.569. The van der Waals surface area contributed by atoms with Crippen molar-refractivity contribution in [2.75, 3.05) is 0 Å². The molecule has 0 unspecified atom stereocenters. The Hall–Kier alpha value is -3.37. The van der Waals surface area contributed by atoms with Crippen LogP contribution in [0.25, 0.3) is 22.1 Å². The van der Waals surface area contributed by atoms with Gasteiger partial charge in [-0.3, -0.25) is 4.79 Å². The highest BCUT2D eigenvalue weighted by molar-refractivity contribution is 5.82. The van der Waals surface area contributed by atoms with Crippen LogP contribution in [0.5, 0.6) is 5.75 Å². The van der Waals surface area contributed by atoms with Crippen molar-refractivity contribution in [1.82, 2.24) is 0 Å². The lowest BCUT2D eigenvalue weighted by Crippen LogP contribution is -2.05. The van der Waals surface area contributed by atoms with Crippen molar-refractivity contribution < 1.29 is 14.3 Å². The molecule has 0 saturated heterocycles. The molecule has 0 radical (unpaired) electrons. The molecule has 27 heavy (non-hydrogen) atoms. The van der Waals surface area contributed by atoms with Gasteiger partial charge in [0.25, 0.3) is 0 Å². The normalized spacial score (nSPS) is 10.9. The average molecular weight is 358 g/mol. The molecule has 4 aromatic rings. The molecule has 0 atom stereocenters. The number of benzene rings is 3. The molecule has 0 fully saturated rings. The topological polar surface area (TPSA) is 59.7 Å². The fourth-order valence-corrected chi connectivity index (χ4v) is 2.93. The van der Waals surface area contributed by atoms with Crippen LogP contribution < -0.4 is 10.2 Å². The Labute approximate surface area is 156 Å². The average Bonchev–Trinajstić information content (AvgIpc) is 2.73. The van der Waals surface area contributed by atoms with Gasteiger partial charge in [-0.25, -0.2) is 0 Å². The number of hydrogen-bond donors (Lipinski definition) is 1. The first-order valence-electron chi connectivity index (χ1n) is 8.67.